The fourth-order valence-electron chi connectivity index (χ4n) is 2.10. The second-order valence-electron chi connectivity index (χ2n) is 5.68. The number of nitrogens with one attached hydrogen (secondary N) is 1. The Kier molecular flexibility index (Phi) is 6.48. The summed E-state index contributed by atoms with van der Waals surface area (Å²) in [5.74, 6) is -1.49. The van der Waals surface area contributed by atoms with E-state index >= 15 is 0 Å². The lowest BCUT2D eigenvalue weighted by Gasteiger charge is -2.15. The summed E-state index contributed by atoms with van der Waals surface area (Å²) < 4.78 is 28.0. The Hall–Kier alpha value is -2.13. The van der Waals surface area contributed by atoms with Crippen LogP contribution >= 0.6 is 23.2 Å². The van der Waals surface area contributed by atoms with Gasteiger partial charge in [0.2, 0.25) is 10.0 Å². The van der Waals surface area contributed by atoms with Crippen LogP contribution in [0.1, 0.15) is 22.8 Å². The lowest BCUT2D eigenvalue weighted by molar-refractivity contribution is -0.123. The number of carbonyl (C=O) groups is 2. The fraction of sp³-hybridized carbons (Fsp3) is 0.176. The standard InChI is InChI=1S/C17H16Cl2N2O5S/c1-9-3-5-12(27(20,24)25)8-13(9)17(23)26-10(2)16(22)21-15-7-11(18)4-6-14(15)19/h3-8,10H,1-2H3,(H,21,22)(H2,20,24,25). The third-order valence-electron chi connectivity index (χ3n) is 3.60. The lowest BCUT2D eigenvalue weighted by atomic mass is 10.1. The highest BCUT2D eigenvalue weighted by molar-refractivity contribution is 7.89. The number of nitrogens with two attached hydrogens (primary N) is 1. The van der Waals surface area contributed by atoms with Crippen molar-refractivity contribution >= 4 is 50.8 Å². The largest absolute Gasteiger partial charge is 0.449 e. The van der Waals surface area contributed by atoms with Crippen LogP contribution in [0.15, 0.2) is 41.3 Å². The molecule has 0 spiro atoms. The molecule has 0 aliphatic rings. The zero-order chi connectivity index (χ0) is 20.4. The van der Waals surface area contributed by atoms with Gasteiger partial charge >= 0.3 is 5.97 Å². The van der Waals surface area contributed by atoms with Crippen molar-refractivity contribution in [2.45, 2.75) is 24.8 Å². The number of hydrogen-bond acceptors (Lipinski definition) is 5. The predicted octanol–water partition coefficient (Wildman–Crippen LogP) is 3.13. The van der Waals surface area contributed by atoms with Crippen LogP contribution in [0.4, 0.5) is 5.69 Å². The minimum Gasteiger partial charge on any atom is -0.449 e. The van der Waals surface area contributed by atoms with Crippen LogP contribution in [0.3, 0.4) is 0 Å². The number of esters is 1. The zero-order valence-electron chi connectivity index (χ0n) is 14.3. The molecule has 2 rings (SSSR count). The van der Waals surface area contributed by atoms with Gasteiger partial charge in [-0.1, -0.05) is 29.3 Å². The molecule has 0 heterocycles. The molecule has 27 heavy (non-hydrogen) atoms. The van der Waals surface area contributed by atoms with E-state index in [0.29, 0.717) is 10.6 Å². The molecular formula is C17H16Cl2N2O5S. The molecule has 0 aliphatic heterocycles. The van der Waals surface area contributed by atoms with Crippen molar-refractivity contribution in [2.75, 3.05) is 5.32 Å². The van der Waals surface area contributed by atoms with Crippen molar-refractivity contribution in [1.82, 2.24) is 0 Å². The third kappa shape index (κ3) is 5.43. The average molecular weight is 431 g/mol. The van der Waals surface area contributed by atoms with Gasteiger partial charge in [-0.05, 0) is 49.7 Å². The average Bonchev–Trinajstić information content (AvgIpc) is 2.57. The van der Waals surface area contributed by atoms with Gasteiger partial charge < -0.3 is 10.1 Å². The Morgan fingerprint density at radius 1 is 1.15 bits per heavy atom. The van der Waals surface area contributed by atoms with Crippen molar-refractivity contribution in [2.24, 2.45) is 5.14 Å². The number of rotatable bonds is 5. The van der Waals surface area contributed by atoms with E-state index in [2.05, 4.69) is 5.32 Å². The van der Waals surface area contributed by atoms with Crippen LogP contribution in [-0.4, -0.2) is 26.4 Å². The minimum absolute atomic E-state index is 0.0121. The summed E-state index contributed by atoms with van der Waals surface area (Å²) in [5, 5.41) is 8.22. The first kappa shape index (κ1) is 21.2. The molecule has 2 aromatic rings. The van der Waals surface area contributed by atoms with Crippen LogP contribution in [0, 0.1) is 6.92 Å². The number of halogens is 2. The van der Waals surface area contributed by atoms with E-state index in [9.17, 15) is 18.0 Å². The maximum atomic E-state index is 12.3. The number of anilines is 1. The number of hydrogen-bond donors (Lipinski definition) is 2. The molecule has 0 saturated heterocycles. The van der Waals surface area contributed by atoms with Crippen molar-refractivity contribution < 1.29 is 22.7 Å². The van der Waals surface area contributed by atoms with E-state index in [1.807, 2.05) is 0 Å². The van der Waals surface area contributed by atoms with Gasteiger partial charge in [0.25, 0.3) is 5.91 Å². The highest BCUT2D eigenvalue weighted by Gasteiger charge is 2.22. The SMILES string of the molecule is Cc1ccc(S(N)(=O)=O)cc1C(=O)OC(C)C(=O)Nc1cc(Cl)ccc1Cl. The molecule has 0 bridgehead atoms. The number of amides is 1. The van der Waals surface area contributed by atoms with E-state index in [-0.39, 0.29) is 21.2 Å². The van der Waals surface area contributed by atoms with E-state index in [1.165, 1.54) is 31.2 Å². The van der Waals surface area contributed by atoms with Crippen molar-refractivity contribution in [3.8, 4) is 0 Å². The second-order valence-corrected chi connectivity index (χ2v) is 8.09. The molecular weight excluding hydrogens is 415 g/mol. The van der Waals surface area contributed by atoms with Crippen LogP contribution in [0.2, 0.25) is 10.0 Å². The molecule has 2 aromatic carbocycles. The third-order valence-corrected chi connectivity index (χ3v) is 5.07. The Morgan fingerprint density at radius 2 is 1.81 bits per heavy atom. The Bertz CT molecular complexity index is 1010. The molecule has 0 aromatic heterocycles. The van der Waals surface area contributed by atoms with E-state index in [1.54, 1.807) is 13.0 Å². The first-order valence-electron chi connectivity index (χ1n) is 7.59. The number of primary sulfonamides is 1. The summed E-state index contributed by atoms with van der Waals surface area (Å²) in [4.78, 5) is 24.4. The van der Waals surface area contributed by atoms with Crippen LogP contribution in [-0.2, 0) is 19.6 Å². The molecule has 1 atom stereocenters. The van der Waals surface area contributed by atoms with Gasteiger partial charge in [0.15, 0.2) is 6.10 Å². The number of sulfonamides is 1. The van der Waals surface area contributed by atoms with Gasteiger partial charge in [-0.3, -0.25) is 4.79 Å². The smallest absolute Gasteiger partial charge is 0.339 e. The van der Waals surface area contributed by atoms with Crippen molar-refractivity contribution in [3.63, 3.8) is 0 Å². The summed E-state index contributed by atoms with van der Waals surface area (Å²) >= 11 is 11.8. The summed E-state index contributed by atoms with van der Waals surface area (Å²) in [5.41, 5.74) is 0.726. The molecule has 1 unspecified atom stereocenters. The predicted molar refractivity (Wildman–Crippen MR) is 103 cm³/mol. The lowest BCUT2D eigenvalue weighted by Crippen LogP contribution is -2.30. The van der Waals surface area contributed by atoms with Gasteiger partial charge in [-0.15, -0.1) is 0 Å². The molecule has 0 radical (unpaired) electrons. The molecule has 7 nitrogen and oxygen atoms in total. The molecule has 10 heteroatoms. The number of carbonyl (C=O) groups excluding carboxylic acids is 2. The van der Waals surface area contributed by atoms with E-state index in [0.717, 1.165) is 6.07 Å². The van der Waals surface area contributed by atoms with Gasteiger partial charge in [0.05, 0.1) is 21.2 Å². The first-order chi connectivity index (χ1) is 12.5. The minimum atomic E-state index is -3.98. The van der Waals surface area contributed by atoms with Crippen molar-refractivity contribution in [1.29, 1.82) is 0 Å². The quantitative estimate of drug-likeness (QED) is 0.706. The first-order valence-corrected chi connectivity index (χ1v) is 9.89. The highest BCUT2D eigenvalue weighted by Crippen LogP contribution is 2.25. The molecule has 1 amide bonds. The molecule has 144 valence electrons. The topological polar surface area (TPSA) is 116 Å². The van der Waals surface area contributed by atoms with Crippen LogP contribution in [0.5, 0.6) is 0 Å². The van der Waals surface area contributed by atoms with Crippen molar-refractivity contribution in [3.05, 3.63) is 57.6 Å². The Balaban J connectivity index is 2.15. The van der Waals surface area contributed by atoms with Gasteiger partial charge in [-0.25, -0.2) is 18.4 Å². The fourth-order valence-corrected chi connectivity index (χ4v) is 2.98. The maximum Gasteiger partial charge on any atom is 0.339 e. The molecule has 3 N–H and O–H groups in total. The van der Waals surface area contributed by atoms with E-state index in [4.69, 9.17) is 33.1 Å². The zero-order valence-corrected chi connectivity index (χ0v) is 16.7. The number of ether oxygens (including phenoxy) is 1. The molecule has 0 saturated carbocycles. The van der Waals surface area contributed by atoms with E-state index < -0.39 is 28.0 Å². The van der Waals surface area contributed by atoms with Gasteiger partial charge in [-0.2, -0.15) is 0 Å². The van der Waals surface area contributed by atoms with Gasteiger partial charge in [0.1, 0.15) is 0 Å². The van der Waals surface area contributed by atoms with Crippen LogP contribution in [0.25, 0.3) is 0 Å². The normalized spacial score (nSPS) is 12.3. The van der Waals surface area contributed by atoms with Crippen LogP contribution < -0.4 is 10.5 Å². The Morgan fingerprint density at radius 3 is 2.44 bits per heavy atom. The second kappa shape index (κ2) is 8.26. The summed E-state index contributed by atoms with van der Waals surface area (Å²) in [6.07, 6.45) is -1.18. The summed E-state index contributed by atoms with van der Waals surface area (Å²) in [6, 6.07) is 8.33. The maximum absolute atomic E-state index is 12.3. The number of benzene rings is 2. The monoisotopic (exact) mass is 430 g/mol. The number of aryl methyl sites for hydroxylation is 1. The van der Waals surface area contributed by atoms with Gasteiger partial charge in [0, 0.05) is 5.02 Å². The summed E-state index contributed by atoms with van der Waals surface area (Å²) in [7, 11) is -3.98. The highest BCUT2D eigenvalue weighted by atomic mass is 35.5. The molecule has 0 aliphatic carbocycles. The Labute approximate surface area is 166 Å². The summed E-state index contributed by atoms with van der Waals surface area (Å²) in [6.45, 7) is 2.96. The molecule has 0 fully saturated rings.